The van der Waals surface area contributed by atoms with Gasteiger partial charge in [0.05, 0.1) is 6.61 Å². The van der Waals surface area contributed by atoms with Crippen LogP contribution in [0, 0.1) is 5.92 Å². The zero-order chi connectivity index (χ0) is 13.1. The molecule has 0 aromatic heterocycles. The summed E-state index contributed by atoms with van der Waals surface area (Å²) >= 11 is 0. The number of nitrogens with one attached hydrogen (secondary N) is 2. The second-order valence-electron chi connectivity index (χ2n) is 3.72. The highest BCUT2D eigenvalue weighted by Gasteiger charge is 2.13. The van der Waals surface area contributed by atoms with Crippen LogP contribution >= 0.6 is 0 Å². The first-order chi connectivity index (χ1) is 8.15. The van der Waals surface area contributed by atoms with Gasteiger partial charge in [0.15, 0.2) is 0 Å². The molecule has 4 N–H and O–H groups in total. The van der Waals surface area contributed by atoms with Gasteiger partial charge in [0, 0.05) is 39.1 Å². The average Bonchev–Trinajstić information content (AvgIpc) is 2.31. The molecule has 0 rings (SSSR count). The number of methoxy groups -OCH3 is 1. The van der Waals surface area contributed by atoms with Crippen LogP contribution in [0.25, 0.3) is 0 Å². The lowest BCUT2D eigenvalue weighted by Crippen LogP contribution is -2.37. The third-order valence-corrected chi connectivity index (χ3v) is 2.43. The molecule has 0 aliphatic heterocycles. The van der Waals surface area contributed by atoms with Crippen LogP contribution in [0.1, 0.15) is 19.8 Å². The third kappa shape index (κ3) is 7.70. The van der Waals surface area contributed by atoms with E-state index < -0.39 is 0 Å². The van der Waals surface area contributed by atoms with E-state index in [4.69, 9.17) is 10.5 Å². The fourth-order valence-electron chi connectivity index (χ4n) is 1.28. The van der Waals surface area contributed by atoms with E-state index >= 15 is 0 Å². The molecule has 0 spiro atoms. The zero-order valence-electron chi connectivity index (χ0n) is 10.6. The molecular formula is C11H23N3O3. The van der Waals surface area contributed by atoms with Gasteiger partial charge in [-0.1, -0.05) is 6.92 Å². The Balaban J connectivity index is 3.61. The molecule has 1 unspecified atom stereocenters. The van der Waals surface area contributed by atoms with Crippen molar-refractivity contribution in [2.45, 2.75) is 19.8 Å². The number of carbonyl (C=O) groups excluding carboxylic acids is 2. The molecule has 100 valence electrons. The number of rotatable bonds is 9. The number of nitrogens with two attached hydrogens (primary N) is 1. The molecule has 0 fully saturated rings. The summed E-state index contributed by atoms with van der Waals surface area (Å²) in [7, 11) is 1.57. The van der Waals surface area contributed by atoms with E-state index in [0.717, 1.165) is 0 Å². The van der Waals surface area contributed by atoms with Crippen molar-refractivity contribution in [1.29, 1.82) is 0 Å². The summed E-state index contributed by atoms with van der Waals surface area (Å²) in [5.74, 6) is -0.339. The van der Waals surface area contributed by atoms with Gasteiger partial charge in [-0.05, 0) is 6.42 Å². The van der Waals surface area contributed by atoms with Crippen molar-refractivity contribution in [3.05, 3.63) is 0 Å². The highest BCUT2D eigenvalue weighted by Crippen LogP contribution is 1.98. The maximum atomic E-state index is 11.5. The van der Waals surface area contributed by atoms with Crippen LogP contribution in [-0.4, -0.2) is 45.2 Å². The van der Waals surface area contributed by atoms with Crippen molar-refractivity contribution in [3.8, 4) is 0 Å². The van der Waals surface area contributed by atoms with E-state index in [1.165, 1.54) is 0 Å². The van der Waals surface area contributed by atoms with Gasteiger partial charge in [-0.3, -0.25) is 9.59 Å². The fraction of sp³-hybridized carbons (Fsp3) is 0.818. The molecule has 0 aromatic carbocycles. The Morgan fingerprint density at radius 2 is 2.00 bits per heavy atom. The summed E-state index contributed by atoms with van der Waals surface area (Å²) in [6.07, 6.45) is 0.985. The number of amides is 2. The summed E-state index contributed by atoms with van der Waals surface area (Å²) in [5, 5.41) is 5.37. The smallest absolute Gasteiger partial charge is 0.224 e. The lowest BCUT2D eigenvalue weighted by molar-refractivity contribution is -0.125. The Morgan fingerprint density at radius 1 is 1.29 bits per heavy atom. The minimum absolute atomic E-state index is 0.0836. The van der Waals surface area contributed by atoms with Crippen LogP contribution in [-0.2, 0) is 14.3 Å². The zero-order valence-corrected chi connectivity index (χ0v) is 10.6. The van der Waals surface area contributed by atoms with Crippen LogP contribution in [0.2, 0.25) is 0 Å². The highest BCUT2D eigenvalue weighted by atomic mass is 16.5. The van der Waals surface area contributed by atoms with Gasteiger partial charge < -0.3 is 21.1 Å². The lowest BCUT2D eigenvalue weighted by atomic mass is 10.1. The summed E-state index contributed by atoms with van der Waals surface area (Å²) < 4.78 is 4.80. The van der Waals surface area contributed by atoms with Crippen molar-refractivity contribution in [2.24, 2.45) is 11.7 Å². The van der Waals surface area contributed by atoms with E-state index in [9.17, 15) is 9.59 Å². The second-order valence-corrected chi connectivity index (χ2v) is 3.72. The maximum Gasteiger partial charge on any atom is 0.224 e. The van der Waals surface area contributed by atoms with E-state index in [1.807, 2.05) is 6.92 Å². The molecule has 0 heterocycles. The molecule has 0 radical (unpaired) electrons. The van der Waals surface area contributed by atoms with Crippen LogP contribution < -0.4 is 16.4 Å². The van der Waals surface area contributed by atoms with E-state index in [0.29, 0.717) is 32.7 Å². The van der Waals surface area contributed by atoms with Gasteiger partial charge >= 0.3 is 0 Å². The summed E-state index contributed by atoms with van der Waals surface area (Å²) in [6.45, 7) is 3.57. The summed E-state index contributed by atoms with van der Waals surface area (Å²) in [4.78, 5) is 22.8. The van der Waals surface area contributed by atoms with Crippen molar-refractivity contribution in [2.75, 3.05) is 33.4 Å². The molecule has 17 heavy (non-hydrogen) atoms. The minimum atomic E-state index is -0.161. The second kappa shape index (κ2) is 10.0. The van der Waals surface area contributed by atoms with Crippen molar-refractivity contribution < 1.29 is 14.3 Å². The highest BCUT2D eigenvalue weighted by molar-refractivity contribution is 5.80. The monoisotopic (exact) mass is 245 g/mol. The molecule has 0 aromatic rings. The standard InChI is InChI=1S/C11H23N3O3/c1-3-9(8-12)11(16)14-5-4-10(15)13-6-7-17-2/h9H,3-8,12H2,1-2H3,(H,13,15)(H,14,16). The molecule has 0 saturated carbocycles. The van der Waals surface area contributed by atoms with Gasteiger partial charge in [-0.25, -0.2) is 0 Å². The third-order valence-electron chi connectivity index (χ3n) is 2.43. The molecule has 6 nitrogen and oxygen atoms in total. The Kier molecular flexibility index (Phi) is 9.37. The molecule has 0 aliphatic rings. The molecule has 2 amide bonds. The Bertz CT molecular complexity index is 230. The largest absolute Gasteiger partial charge is 0.383 e. The Labute approximate surface area is 102 Å². The van der Waals surface area contributed by atoms with Crippen LogP contribution in [0.4, 0.5) is 0 Å². The van der Waals surface area contributed by atoms with E-state index in [2.05, 4.69) is 10.6 Å². The number of hydrogen-bond donors (Lipinski definition) is 3. The quantitative estimate of drug-likeness (QED) is 0.465. The van der Waals surface area contributed by atoms with Gasteiger partial charge in [-0.2, -0.15) is 0 Å². The molecule has 0 aliphatic carbocycles. The minimum Gasteiger partial charge on any atom is -0.383 e. The first-order valence-electron chi connectivity index (χ1n) is 5.89. The van der Waals surface area contributed by atoms with Crippen molar-refractivity contribution in [3.63, 3.8) is 0 Å². The molecular weight excluding hydrogens is 222 g/mol. The molecule has 0 saturated heterocycles. The summed E-state index contributed by atoms with van der Waals surface area (Å²) in [6, 6.07) is 0. The van der Waals surface area contributed by atoms with Gasteiger partial charge in [0.25, 0.3) is 0 Å². The number of ether oxygens (including phenoxy) is 1. The van der Waals surface area contributed by atoms with E-state index in [1.54, 1.807) is 7.11 Å². The molecule has 0 bridgehead atoms. The SMILES string of the molecule is CCC(CN)C(=O)NCCC(=O)NCCOC. The summed E-state index contributed by atoms with van der Waals surface area (Å²) in [5.41, 5.74) is 5.44. The van der Waals surface area contributed by atoms with Crippen LogP contribution in [0.15, 0.2) is 0 Å². The first-order valence-corrected chi connectivity index (χ1v) is 5.89. The van der Waals surface area contributed by atoms with Gasteiger partial charge in [-0.15, -0.1) is 0 Å². The predicted molar refractivity (Wildman–Crippen MR) is 65.3 cm³/mol. The maximum absolute atomic E-state index is 11.5. The predicted octanol–water partition coefficient (Wildman–Crippen LogP) is -0.760. The van der Waals surface area contributed by atoms with Crippen molar-refractivity contribution >= 4 is 11.8 Å². The fourth-order valence-corrected chi connectivity index (χ4v) is 1.28. The Hall–Kier alpha value is -1.14. The molecule has 1 atom stereocenters. The van der Waals surface area contributed by atoms with Gasteiger partial charge in [0.1, 0.15) is 0 Å². The van der Waals surface area contributed by atoms with Gasteiger partial charge in [0.2, 0.25) is 11.8 Å². The Morgan fingerprint density at radius 3 is 2.53 bits per heavy atom. The van der Waals surface area contributed by atoms with Crippen molar-refractivity contribution in [1.82, 2.24) is 10.6 Å². The topological polar surface area (TPSA) is 93.5 Å². The number of hydrogen-bond acceptors (Lipinski definition) is 4. The molecule has 6 heteroatoms. The first kappa shape index (κ1) is 15.9. The lowest BCUT2D eigenvalue weighted by Gasteiger charge is -2.12. The van der Waals surface area contributed by atoms with Crippen LogP contribution in [0.5, 0.6) is 0 Å². The normalized spacial score (nSPS) is 11.9. The number of carbonyl (C=O) groups is 2. The van der Waals surface area contributed by atoms with Crippen LogP contribution in [0.3, 0.4) is 0 Å². The van der Waals surface area contributed by atoms with E-state index in [-0.39, 0.29) is 24.2 Å². The average molecular weight is 245 g/mol.